The van der Waals surface area contributed by atoms with Gasteiger partial charge in [-0.3, -0.25) is 4.79 Å². The van der Waals surface area contributed by atoms with Gasteiger partial charge in [0, 0.05) is 26.2 Å². The van der Waals surface area contributed by atoms with Gasteiger partial charge in [-0.2, -0.15) is 17.5 Å². The lowest BCUT2D eigenvalue weighted by atomic mass is 9.96. The summed E-state index contributed by atoms with van der Waals surface area (Å²) in [6.45, 7) is 2.52. The Hall–Kier alpha value is -1.65. The van der Waals surface area contributed by atoms with E-state index in [1.807, 2.05) is 6.92 Å². The van der Waals surface area contributed by atoms with E-state index in [1.165, 1.54) is 4.31 Å². The van der Waals surface area contributed by atoms with Gasteiger partial charge in [-0.05, 0) is 55.4 Å². The zero-order chi connectivity index (χ0) is 22.3. The third-order valence-corrected chi connectivity index (χ3v) is 8.21. The monoisotopic (exact) mass is 447 g/mol. The average Bonchev–Trinajstić information content (AvgIpc) is 3.27. The van der Waals surface area contributed by atoms with Gasteiger partial charge < -0.3 is 10.6 Å². The number of sulfonamides is 1. The molecule has 2 fully saturated rings. The Kier molecular flexibility index (Phi) is 6.50. The van der Waals surface area contributed by atoms with Crippen LogP contribution in [0.25, 0.3) is 0 Å². The number of carbonyl (C=O) groups is 1. The molecule has 1 saturated heterocycles. The highest BCUT2D eigenvalue weighted by Gasteiger charge is 2.48. The molecule has 1 saturated carbocycles. The van der Waals surface area contributed by atoms with Gasteiger partial charge in [0.2, 0.25) is 15.9 Å². The lowest BCUT2D eigenvalue weighted by Gasteiger charge is -2.31. The Balaban J connectivity index is 1.73. The van der Waals surface area contributed by atoms with E-state index in [-0.39, 0.29) is 35.2 Å². The number of nitrogens with zero attached hydrogens (tertiary/aromatic N) is 2. The number of benzene rings is 1. The SMILES string of the molecule is CCC[C@H](N)C(=O)N(C)[C@@H]1CC[C@H]2CN(S(=O)(=O)c3ccc(C(F)(F)F)cc3)C[C@H]21. The third kappa shape index (κ3) is 4.36. The molecule has 2 aliphatic rings. The minimum Gasteiger partial charge on any atom is -0.341 e. The minimum atomic E-state index is -4.52. The van der Waals surface area contributed by atoms with E-state index in [0.717, 1.165) is 43.5 Å². The molecule has 0 aromatic heterocycles. The highest BCUT2D eigenvalue weighted by atomic mass is 32.2. The number of carbonyl (C=O) groups excluding carboxylic acids is 1. The highest BCUT2D eigenvalue weighted by molar-refractivity contribution is 7.89. The van der Waals surface area contributed by atoms with Crippen molar-refractivity contribution in [3.63, 3.8) is 0 Å². The molecule has 1 aliphatic carbocycles. The van der Waals surface area contributed by atoms with Crippen LogP contribution in [0.15, 0.2) is 29.2 Å². The summed E-state index contributed by atoms with van der Waals surface area (Å²) in [5.74, 6) is -0.0135. The maximum absolute atomic E-state index is 13.0. The fourth-order valence-corrected chi connectivity index (χ4v) is 6.23. The summed E-state index contributed by atoms with van der Waals surface area (Å²) in [6.07, 6.45) is -1.52. The fourth-order valence-electron chi connectivity index (χ4n) is 4.70. The van der Waals surface area contributed by atoms with E-state index in [4.69, 9.17) is 5.73 Å². The van der Waals surface area contributed by atoms with E-state index in [0.29, 0.717) is 13.0 Å². The molecular formula is C20H28F3N3O3S. The number of hydrogen-bond donors (Lipinski definition) is 1. The van der Waals surface area contributed by atoms with Gasteiger partial charge in [0.05, 0.1) is 16.5 Å². The fraction of sp³-hybridized carbons (Fsp3) is 0.650. The van der Waals surface area contributed by atoms with Crippen molar-refractivity contribution in [1.29, 1.82) is 0 Å². The summed E-state index contributed by atoms with van der Waals surface area (Å²) in [4.78, 5) is 14.1. The molecule has 168 valence electrons. The van der Waals surface area contributed by atoms with Gasteiger partial charge in [0.25, 0.3) is 0 Å². The molecule has 0 unspecified atom stereocenters. The Morgan fingerprint density at radius 1 is 1.23 bits per heavy atom. The van der Waals surface area contributed by atoms with Gasteiger partial charge in [-0.1, -0.05) is 13.3 Å². The number of nitrogens with two attached hydrogens (primary N) is 1. The Bertz CT molecular complexity index is 874. The molecule has 1 aliphatic heterocycles. The maximum atomic E-state index is 13.0. The Labute approximate surface area is 175 Å². The molecule has 1 aromatic carbocycles. The summed E-state index contributed by atoms with van der Waals surface area (Å²) >= 11 is 0. The molecule has 3 rings (SSSR count). The Morgan fingerprint density at radius 3 is 2.43 bits per heavy atom. The zero-order valence-corrected chi connectivity index (χ0v) is 17.9. The largest absolute Gasteiger partial charge is 0.416 e. The molecule has 30 heavy (non-hydrogen) atoms. The van der Waals surface area contributed by atoms with E-state index in [2.05, 4.69) is 0 Å². The van der Waals surface area contributed by atoms with Crippen LogP contribution in [-0.4, -0.2) is 55.8 Å². The summed E-state index contributed by atoms with van der Waals surface area (Å²) < 4.78 is 65.6. The van der Waals surface area contributed by atoms with E-state index < -0.39 is 27.8 Å². The number of likely N-dealkylation sites (N-methyl/N-ethyl adjacent to an activating group) is 1. The molecule has 4 atom stereocenters. The van der Waals surface area contributed by atoms with Crippen LogP contribution in [-0.2, 0) is 21.0 Å². The maximum Gasteiger partial charge on any atom is 0.416 e. The van der Waals surface area contributed by atoms with Crippen LogP contribution in [0.4, 0.5) is 13.2 Å². The number of halogens is 3. The summed E-state index contributed by atoms with van der Waals surface area (Å²) in [5.41, 5.74) is 5.09. The lowest BCUT2D eigenvalue weighted by molar-refractivity contribution is -0.137. The molecule has 0 radical (unpaired) electrons. The van der Waals surface area contributed by atoms with E-state index >= 15 is 0 Å². The van der Waals surface area contributed by atoms with Gasteiger partial charge in [-0.15, -0.1) is 0 Å². The van der Waals surface area contributed by atoms with E-state index in [1.54, 1.807) is 11.9 Å². The smallest absolute Gasteiger partial charge is 0.341 e. The van der Waals surface area contributed by atoms with Crippen LogP contribution < -0.4 is 5.73 Å². The minimum absolute atomic E-state index is 0.00278. The van der Waals surface area contributed by atoms with Crippen molar-refractivity contribution in [3.8, 4) is 0 Å². The van der Waals surface area contributed by atoms with Crippen molar-refractivity contribution in [3.05, 3.63) is 29.8 Å². The number of rotatable bonds is 6. The number of hydrogen-bond acceptors (Lipinski definition) is 4. The van der Waals surface area contributed by atoms with Crippen LogP contribution in [0.1, 0.15) is 38.2 Å². The normalized spacial score (nSPS) is 25.9. The van der Waals surface area contributed by atoms with Crippen molar-refractivity contribution in [2.45, 2.75) is 55.8 Å². The Morgan fingerprint density at radius 2 is 1.87 bits per heavy atom. The first-order valence-corrected chi connectivity index (χ1v) is 11.6. The lowest BCUT2D eigenvalue weighted by Crippen LogP contribution is -2.48. The molecule has 1 amide bonds. The standard InChI is InChI=1S/C20H28F3N3O3S/c1-3-4-17(24)19(27)25(2)18-10-5-13-11-26(12-16(13)18)30(28,29)15-8-6-14(7-9-15)20(21,22)23/h6-9,13,16-18H,3-5,10-12,24H2,1-2H3/t13-,16+,17-,18+/m0/s1. The van der Waals surface area contributed by atoms with E-state index in [9.17, 15) is 26.4 Å². The van der Waals surface area contributed by atoms with Gasteiger partial charge in [-0.25, -0.2) is 8.42 Å². The molecule has 1 aromatic rings. The first kappa shape index (κ1) is 23.0. The predicted molar refractivity (Wildman–Crippen MR) is 106 cm³/mol. The second-order valence-corrected chi connectivity index (χ2v) is 10.2. The van der Waals surface area contributed by atoms with Crippen LogP contribution in [0.3, 0.4) is 0 Å². The second-order valence-electron chi connectivity index (χ2n) is 8.26. The third-order valence-electron chi connectivity index (χ3n) is 6.37. The summed E-state index contributed by atoms with van der Waals surface area (Å²) in [7, 11) is -2.18. The van der Waals surface area contributed by atoms with Crippen LogP contribution in [0, 0.1) is 11.8 Å². The topological polar surface area (TPSA) is 83.7 Å². The average molecular weight is 448 g/mol. The first-order chi connectivity index (χ1) is 14.0. The van der Waals surface area contributed by atoms with Crippen LogP contribution >= 0.6 is 0 Å². The van der Waals surface area contributed by atoms with Gasteiger partial charge in [0.1, 0.15) is 0 Å². The highest BCUT2D eigenvalue weighted by Crippen LogP contribution is 2.42. The summed E-state index contributed by atoms with van der Waals surface area (Å²) in [5, 5.41) is 0. The molecule has 6 nitrogen and oxygen atoms in total. The van der Waals surface area contributed by atoms with Gasteiger partial charge in [0.15, 0.2) is 0 Å². The molecule has 0 bridgehead atoms. The molecule has 2 N–H and O–H groups in total. The van der Waals surface area contributed by atoms with Crippen LogP contribution in [0.2, 0.25) is 0 Å². The number of alkyl halides is 3. The van der Waals surface area contributed by atoms with Crippen molar-refractivity contribution in [2.24, 2.45) is 17.6 Å². The molecule has 1 heterocycles. The van der Waals surface area contributed by atoms with Crippen molar-refractivity contribution in [1.82, 2.24) is 9.21 Å². The molecular weight excluding hydrogens is 419 g/mol. The quantitative estimate of drug-likeness (QED) is 0.727. The van der Waals surface area contributed by atoms with Crippen LogP contribution in [0.5, 0.6) is 0 Å². The number of amides is 1. The van der Waals surface area contributed by atoms with Gasteiger partial charge >= 0.3 is 6.18 Å². The summed E-state index contributed by atoms with van der Waals surface area (Å²) in [6, 6.07) is 2.93. The predicted octanol–water partition coefficient (Wildman–Crippen LogP) is 2.69. The molecule has 10 heteroatoms. The zero-order valence-electron chi connectivity index (χ0n) is 17.1. The van der Waals surface area contributed by atoms with Crippen molar-refractivity contribution in [2.75, 3.05) is 20.1 Å². The van der Waals surface area contributed by atoms with Crippen molar-refractivity contribution < 1.29 is 26.4 Å². The molecule has 0 spiro atoms. The van der Waals surface area contributed by atoms with Crippen molar-refractivity contribution >= 4 is 15.9 Å². The first-order valence-electron chi connectivity index (χ1n) is 10.2. The second kappa shape index (κ2) is 8.47. The number of fused-ring (bicyclic) bond motifs is 1.